The summed E-state index contributed by atoms with van der Waals surface area (Å²) in [5.41, 5.74) is 6.05. The van der Waals surface area contributed by atoms with Crippen molar-refractivity contribution in [2.75, 3.05) is 12.3 Å². The SMILES string of the molecule is Nc1ncnc2c1[nH]c[n+]2[C@@H]1O[C@H](CNS(=O)(=O)N=C([O-])c2ccccc2[O-])[C@@H](O)[C@H]1O. The summed E-state index contributed by atoms with van der Waals surface area (Å²) in [5.74, 6) is -1.74. The molecule has 0 bridgehead atoms. The number of nitrogens with two attached hydrogens (primary N) is 1. The number of ether oxygens (including phenoxy) is 1. The van der Waals surface area contributed by atoms with Gasteiger partial charge in [-0.2, -0.15) is 22.5 Å². The van der Waals surface area contributed by atoms with Crippen LogP contribution < -0.4 is 25.2 Å². The van der Waals surface area contributed by atoms with Crippen LogP contribution in [0.25, 0.3) is 11.2 Å². The van der Waals surface area contributed by atoms with E-state index < -0.39 is 58.5 Å². The van der Waals surface area contributed by atoms with Crippen molar-refractivity contribution in [3.8, 4) is 5.75 Å². The molecule has 1 fully saturated rings. The van der Waals surface area contributed by atoms with Crippen LogP contribution >= 0.6 is 0 Å². The first kappa shape index (κ1) is 21.8. The van der Waals surface area contributed by atoms with E-state index in [2.05, 4.69) is 19.3 Å². The third kappa shape index (κ3) is 4.06. The van der Waals surface area contributed by atoms with E-state index in [1.54, 1.807) is 0 Å². The molecule has 0 radical (unpaired) electrons. The maximum absolute atomic E-state index is 12.2. The molecule has 170 valence electrons. The zero-order valence-corrected chi connectivity index (χ0v) is 17.0. The highest BCUT2D eigenvalue weighted by molar-refractivity contribution is 7.88. The van der Waals surface area contributed by atoms with Crippen LogP contribution in [0, 0.1) is 0 Å². The number of imidazole rings is 1. The van der Waals surface area contributed by atoms with E-state index in [0.717, 1.165) is 12.1 Å². The van der Waals surface area contributed by atoms with Crippen molar-refractivity contribution in [1.29, 1.82) is 0 Å². The fourth-order valence-electron chi connectivity index (χ4n) is 3.26. The monoisotopic (exact) mass is 464 g/mol. The maximum atomic E-state index is 12.2. The van der Waals surface area contributed by atoms with Gasteiger partial charge in [-0.3, -0.25) is 4.98 Å². The summed E-state index contributed by atoms with van der Waals surface area (Å²) in [6.07, 6.45) is -2.58. The second kappa shape index (κ2) is 8.29. The fraction of sp³-hybridized carbons (Fsp3) is 0.294. The van der Waals surface area contributed by atoms with Crippen molar-refractivity contribution in [1.82, 2.24) is 19.7 Å². The molecule has 0 saturated carbocycles. The van der Waals surface area contributed by atoms with E-state index >= 15 is 0 Å². The van der Waals surface area contributed by atoms with Crippen LogP contribution in [0.3, 0.4) is 0 Å². The number of benzene rings is 1. The van der Waals surface area contributed by atoms with Crippen LogP contribution in [0.5, 0.6) is 5.75 Å². The average molecular weight is 464 g/mol. The van der Waals surface area contributed by atoms with Crippen LogP contribution in [0.1, 0.15) is 11.8 Å². The Hall–Kier alpha value is -3.37. The molecule has 4 rings (SSSR count). The Kier molecular flexibility index (Phi) is 5.66. The number of aliphatic hydroxyl groups is 2. The largest absolute Gasteiger partial charge is 0.872 e. The number of aromatic amines is 1. The average Bonchev–Trinajstić information content (AvgIpc) is 3.29. The van der Waals surface area contributed by atoms with Crippen LogP contribution in [0.4, 0.5) is 5.82 Å². The second-order valence-electron chi connectivity index (χ2n) is 6.90. The highest BCUT2D eigenvalue weighted by Crippen LogP contribution is 2.26. The molecule has 3 heterocycles. The normalized spacial score (nSPS) is 24.2. The number of hydrogen-bond donors (Lipinski definition) is 5. The van der Waals surface area contributed by atoms with Gasteiger partial charge in [-0.15, -0.1) is 5.75 Å². The van der Waals surface area contributed by atoms with Gasteiger partial charge in [0.25, 0.3) is 0 Å². The first-order valence-electron chi connectivity index (χ1n) is 9.21. The Morgan fingerprint density at radius 1 is 1.31 bits per heavy atom. The number of aliphatic hydroxyl groups excluding tert-OH is 2. The minimum Gasteiger partial charge on any atom is -0.872 e. The van der Waals surface area contributed by atoms with Gasteiger partial charge in [0.1, 0.15) is 18.3 Å². The summed E-state index contributed by atoms with van der Waals surface area (Å²) in [4.78, 5) is 10.7. The molecule has 2 aromatic heterocycles. The van der Waals surface area contributed by atoms with Crippen LogP contribution in [0.2, 0.25) is 0 Å². The number of rotatable bonds is 6. The van der Waals surface area contributed by atoms with Gasteiger partial charge in [0.15, 0.2) is 18.5 Å². The lowest BCUT2D eigenvalue weighted by molar-refractivity contribution is -0.745. The summed E-state index contributed by atoms with van der Waals surface area (Å²) in [6, 6.07) is 5.06. The predicted octanol–water partition coefficient (Wildman–Crippen LogP) is -3.84. The van der Waals surface area contributed by atoms with E-state index in [1.807, 2.05) is 4.72 Å². The third-order valence-corrected chi connectivity index (χ3v) is 5.79. The number of nitrogens with one attached hydrogen (secondary N) is 2. The first-order valence-corrected chi connectivity index (χ1v) is 10.6. The number of aromatic nitrogens is 4. The molecule has 1 aliphatic rings. The van der Waals surface area contributed by atoms with Gasteiger partial charge in [0.2, 0.25) is 11.7 Å². The van der Waals surface area contributed by atoms with Crippen molar-refractivity contribution < 1.29 is 38.1 Å². The number of fused-ring (bicyclic) bond motifs is 1. The molecule has 3 aromatic rings. The first-order chi connectivity index (χ1) is 15.2. The highest BCUT2D eigenvalue weighted by Gasteiger charge is 2.46. The number of nitrogen functional groups attached to an aromatic ring is 1. The van der Waals surface area contributed by atoms with Gasteiger partial charge in [-0.25, -0.2) is 4.57 Å². The Balaban J connectivity index is 1.48. The molecule has 15 heteroatoms. The van der Waals surface area contributed by atoms with Crippen molar-refractivity contribution >= 4 is 33.1 Å². The zero-order chi connectivity index (χ0) is 23.0. The fourth-order valence-corrected chi connectivity index (χ4v) is 4.02. The molecule has 6 N–H and O–H groups in total. The number of para-hydroxylation sites is 1. The molecule has 0 aliphatic carbocycles. The lowest BCUT2D eigenvalue weighted by atomic mass is 10.1. The molecule has 1 aliphatic heterocycles. The van der Waals surface area contributed by atoms with Gasteiger partial charge in [-0.1, -0.05) is 29.2 Å². The molecular formula is C17H18N7O7S-. The van der Waals surface area contributed by atoms with Crippen LogP contribution in [0.15, 0.2) is 41.3 Å². The van der Waals surface area contributed by atoms with Crippen LogP contribution in [-0.4, -0.2) is 64.3 Å². The molecule has 0 spiro atoms. The molecule has 1 saturated heterocycles. The molecule has 1 aromatic carbocycles. The Morgan fingerprint density at radius 2 is 2.06 bits per heavy atom. The number of nitrogens with zero attached hydrogens (tertiary/aromatic N) is 4. The van der Waals surface area contributed by atoms with Gasteiger partial charge in [0.05, 0.1) is 0 Å². The van der Waals surface area contributed by atoms with Gasteiger partial charge in [0, 0.05) is 12.4 Å². The summed E-state index contributed by atoms with van der Waals surface area (Å²) >= 11 is 0. The van der Waals surface area contributed by atoms with Crippen molar-refractivity contribution in [2.24, 2.45) is 4.40 Å². The van der Waals surface area contributed by atoms with Crippen LogP contribution in [-0.2, 0) is 14.9 Å². The molecule has 0 amide bonds. The second-order valence-corrected chi connectivity index (χ2v) is 8.32. The number of H-pyrrole nitrogens is 1. The molecule has 14 nitrogen and oxygen atoms in total. The zero-order valence-electron chi connectivity index (χ0n) is 16.2. The van der Waals surface area contributed by atoms with Gasteiger partial charge in [-0.05, 0) is 5.56 Å². The predicted molar refractivity (Wildman–Crippen MR) is 104 cm³/mol. The lowest BCUT2D eigenvalue weighted by Crippen LogP contribution is -2.45. The van der Waals surface area contributed by atoms with Crippen molar-refractivity contribution in [3.05, 3.63) is 42.5 Å². The minimum absolute atomic E-state index is 0.164. The smallest absolute Gasteiger partial charge is 0.319 e. The van der Waals surface area contributed by atoms with E-state index in [-0.39, 0.29) is 5.82 Å². The maximum Gasteiger partial charge on any atom is 0.319 e. The molecular weight excluding hydrogens is 446 g/mol. The number of anilines is 1. The van der Waals surface area contributed by atoms with E-state index in [0.29, 0.717) is 11.2 Å². The quantitative estimate of drug-likeness (QED) is 0.136. The third-order valence-electron chi connectivity index (χ3n) is 4.85. The van der Waals surface area contributed by atoms with E-state index in [9.17, 15) is 28.8 Å². The van der Waals surface area contributed by atoms with Crippen molar-refractivity contribution in [2.45, 2.75) is 24.5 Å². The van der Waals surface area contributed by atoms with Crippen molar-refractivity contribution in [3.63, 3.8) is 0 Å². The van der Waals surface area contributed by atoms with E-state index in [1.165, 1.54) is 29.4 Å². The topological polar surface area (TPSA) is 226 Å². The summed E-state index contributed by atoms with van der Waals surface area (Å²) in [6.45, 7) is -0.507. The minimum atomic E-state index is -4.52. The van der Waals surface area contributed by atoms with Gasteiger partial charge >= 0.3 is 15.9 Å². The highest BCUT2D eigenvalue weighted by atomic mass is 32.2. The molecule has 32 heavy (non-hydrogen) atoms. The Labute approximate surface area is 180 Å². The lowest BCUT2D eigenvalue weighted by Gasteiger charge is -2.18. The summed E-state index contributed by atoms with van der Waals surface area (Å²) < 4.78 is 36.4. The Morgan fingerprint density at radius 3 is 2.81 bits per heavy atom. The molecule has 4 atom stereocenters. The molecule has 0 unspecified atom stereocenters. The standard InChI is InChI=1S/C17H19N7O7S/c18-14-11-15(20-6-19-14)24(7-21-11)17-13(27)12(26)10(31-17)5-22-32(29,30)23-16(28)8-3-1-2-4-9(8)25/h1-4,6-7,10,12-13,17,22,26-27H,5H2,(H4,18,19,20,23,25,28)/p-1/t10-,12-,13-,17-/m1/s1. The van der Waals surface area contributed by atoms with Gasteiger partial charge < -0.3 is 30.9 Å². The number of hydrogen-bond acceptors (Lipinski definition) is 10. The summed E-state index contributed by atoms with van der Waals surface area (Å²) in [7, 11) is -4.52. The van der Waals surface area contributed by atoms with E-state index in [4.69, 9.17) is 10.5 Å². The Bertz CT molecular complexity index is 1280. The summed E-state index contributed by atoms with van der Waals surface area (Å²) in [5, 5.41) is 44.4.